The van der Waals surface area contributed by atoms with Crippen molar-refractivity contribution in [1.29, 1.82) is 0 Å². The molecular weight excluding hydrogens is 204 g/mol. The lowest BCUT2D eigenvalue weighted by Gasteiger charge is -2.11. The Morgan fingerprint density at radius 1 is 1.00 bits per heavy atom. The van der Waals surface area contributed by atoms with Crippen LogP contribution in [0, 0.1) is 0 Å². The Labute approximate surface area is 94.2 Å². The van der Waals surface area contributed by atoms with Gasteiger partial charge in [0, 0.05) is 0 Å². The third-order valence-electron chi connectivity index (χ3n) is 2.16. The van der Waals surface area contributed by atoms with Crippen LogP contribution in [-0.4, -0.2) is 23.4 Å². The Bertz CT molecular complexity index is 497. The topological polar surface area (TPSA) is 44.2 Å². The molecule has 0 spiro atoms. The number of nitrogens with zero attached hydrogens (tertiary/aromatic N) is 2. The Hall–Kier alpha value is -1.84. The summed E-state index contributed by atoms with van der Waals surface area (Å²) in [5, 5.41) is 9.83. The third-order valence-corrected chi connectivity index (χ3v) is 2.16. The molecule has 0 aliphatic rings. The maximum atomic E-state index is 5.60. The molecule has 0 saturated heterocycles. The molecule has 4 nitrogen and oxygen atoms in total. The SMILES string of the molecule is COc1nnc(OC(C)C)c2ccccc12. The molecule has 1 aromatic carbocycles. The van der Waals surface area contributed by atoms with Gasteiger partial charge in [0.05, 0.1) is 24.0 Å². The van der Waals surface area contributed by atoms with E-state index in [1.54, 1.807) is 7.11 Å². The summed E-state index contributed by atoms with van der Waals surface area (Å²) in [5.41, 5.74) is 0. The molecule has 0 amide bonds. The molecule has 0 radical (unpaired) electrons. The van der Waals surface area contributed by atoms with Crippen molar-refractivity contribution in [2.75, 3.05) is 7.11 Å². The number of hydrogen-bond acceptors (Lipinski definition) is 4. The lowest BCUT2D eigenvalue weighted by atomic mass is 10.2. The standard InChI is InChI=1S/C12H14N2O2/c1-8(2)16-12-10-7-5-4-6-9(10)11(15-3)13-14-12/h4-8H,1-3H3. The quantitative estimate of drug-likeness (QED) is 0.793. The van der Waals surface area contributed by atoms with Crippen LogP contribution in [-0.2, 0) is 0 Å². The van der Waals surface area contributed by atoms with Crippen LogP contribution < -0.4 is 9.47 Å². The van der Waals surface area contributed by atoms with Crippen molar-refractivity contribution in [3.05, 3.63) is 24.3 Å². The summed E-state index contributed by atoms with van der Waals surface area (Å²) in [4.78, 5) is 0. The highest BCUT2D eigenvalue weighted by atomic mass is 16.5. The van der Waals surface area contributed by atoms with E-state index in [2.05, 4.69) is 10.2 Å². The first-order valence-corrected chi connectivity index (χ1v) is 5.18. The molecule has 1 heterocycles. The van der Waals surface area contributed by atoms with Crippen LogP contribution in [0.1, 0.15) is 13.8 Å². The van der Waals surface area contributed by atoms with Crippen molar-refractivity contribution < 1.29 is 9.47 Å². The molecular formula is C12H14N2O2. The maximum Gasteiger partial charge on any atom is 0.241 e. The van der Waals surface area contributed by atoms with Gasteiger partial charge in [-0.25, -0.2) is 0 Å². The average Bonchev–Trinajstić information content (AvgIpc) is 2.29. The lowest BCUT2D eigenvalue weighted by Crippen LogP contribution is -2.08. The Morgan fingerprint density at radius 2 is 1.56 bits per heavy atom. The number of rotatable bonds is 3. The van der Waals surface area contributed by atoms with Crippen molar-refractivity contribution in [2.24, 2.45) is 0 Å². The summed E-state index contributed by atoms with van der Waals surface area (Å²) >= 11 is 0. The first-order valence-electron chi connectivity index (χ1n) is 5.18. The molecule has 0 atom stereocenters. The van der Waals surface area contributed by atoms with Gasteiger partial charge in [0.1, 0.15) is 0 Å². The molecule has 0 aliphatic carbocycles. The molecule has 0 fully saturated rings. The monoisotopic (exact) mass is 218 g/mol. The van der Waals surface area contributed by atoms with Gasteiger partial charge >= 0.3 is 0 Å². The van der Waals surface area contributed by atoms with Gasteiger partial charge in [-0.3, -0.25) is 0 Å². The van der Waals surface area contributed by atoms with Crippen LogP contribution in [0.4, 0.5) is 0 Å². The third kappa shape index (κ3) is 1.91. The van der Waals surface area contributed by atoms with E-state index in [1.165, 1.54) is 0 Å². The van der Waals surface area contributed by atoms with E-state index >= 15 is 0 Å². The molecule has 0 aliphatic heterocycles. The van der Waals surface area contributed by atoms with Crippen molar-refractivity contribution in [1.82, 2.24) is 10.2 Å². The second-order valence-corrected chi connectivity index (χ2v) is 3.73. The first-order chi connectivity index (χ1) is 7.72. The highest BCUT2D eigenvalue weighted by Crippen LogP contribution is 2.28. The molecule has 2 rings (SSSR count). The fourth-order valence-corrected chi connectivity index (χ4v) is 1.52. The molecule has 1 aromatic heterocycles. The van der Waals surface area contributed by atoms with Crippen LogP contribution in [0.2, 0.25) is 0 Å². The van der Waals surface area contributed by atoms with E-state index in [-0.39, 0.29) is 6.10 Å². The number of fused-ring (bicyclic) bond motifs is 1. The summed E-state index contributed by atoms with van der Waals surface area (Å²) in [6.07, 6.45) is 0.0751. The van der Waals surface area contributed by atoms with Crippen molar-refractivity contribution in [2.45, 2.75) is 20.0 Å². The fourth-order valence-electron chi connectivity index (χ4n) is 1.52. The van der Waals surface area contributed by atoms with Crippen molar-refractivity contribution >= 4 is 10.8 Å². The zero-order valence-electron chi connectivity index (χ0n) is 9.60. The number of methoxy groups -OCH3 is 1. The second kappa shape index (κ2) is 4.35. The van der Waals surface area contributed by atoms with Gasteiger partial charge in [-0.05, 0) is 26.0 Å². The van der Waals surface area contributed by atoms with Gasteiger partial charge < -0.3 is 9.47 Å². The molecule has 0 saturated carbocycles. The van der Waals surface area contributed by atoms with Crippen LogP contribution in [0.5, 0.6) is 11.8 Å². The van der Waals surface area contributed by atoms with Gasteiger partial charge in [0.2, 0.25) is 11.8 Å². The van der Waals surface area contributed by atoms with Crippen molar-refractivity contribution in [3.8, 4) is 11.8 Å². The maximum absolute atomic E-state index is 5.60. The number of benzene rings is 1. The zero-order chi connectivity index (χ0) is 11.5. The Kier molecular flexibility index (Phi) is 2.90. The highest BCUT2D eigenvalue weighted by molar-refractivity contribution is 5.90. The molecule has 0 unspecified atom stereocenters. The van der Waals surface area contributed by atoms with Gasteiger partial charge in [0.15, 0.2) is 0 Å². The van der Waals surface area contributed by atoms with Gasteiger partial charge in [-0.2, -0.15) is 0 Å². The van der Waals surface area contributed by atoms with Gasteiger partial charge in [-0.1, -0.05) is 12.1 Å². The summed E-state index contributed by atoms with van der Waals surface area (Å²) < 4.78 is 10.8. The van der Waals surface area contributed by atoms with Crippen LogP contribution in [0.3, 0.4) is 0 Å². The molecule has 16 heavy (non-hydrogen) atoms. The minimum Gasteiger partial charge on any atom is -0.479 e. The number of hydrogen-bond donors (Lipinski definition) is 0. The second-order valence-electron chi connectivity index (χ2n) is 3.73. The van der Waals surface area contributed by atoms with E-state index in [1.807, 2.05) is 38.1 Å². The molecule has 2 aromatic rings. The highest BCUT2D eigenvalue weighted by Gasteiger charge is 2.10. The predicted molar refractivity (Wildman–Crippen MR) is 61.9 cm³/mol. The fraction of sp³-hybridized carbons (Fsp3) is 0.333. The number of ether oxygens (including phenoxy) is 2. The zero-order valence-corrected chi connectivity index (χ0v) is 9.60. The van der Waals surface area contributed by atoms with Crippen LogP contribution in [0.15, 0.2) is 24.3 Å². The summed E-state index contributed by atoms with van der Waals surface area (Å²) in [7, 11) is 1.58. The molecule has 0 N–H and O–H groups in total. The minimum atomic E-state index is 0.0751. The number of aromatic nitrogens is 2. The smallest absolute Gasteiger partial charge is 0.241 e. The van der Waals surface area contributed by atoms with Crippen LogP contribution in [0.25, 0.3) is 10.8 Å². The minimum absolute atomic E-state index is 0.0751. The summed E-state index contributed by atoms with van der Waals surface area (Å²) in [6.45, 7) is 3.92. The molecule has 4 heteroatoms. The van der Waals surface area contributed by atoms with Gasteiger partial charge in [-0.15, -0.1) is 10.2 Å². The van der Waals surface area contributed by atoms with Crippen LogP contribution >= 0.6 is 0 Å². The van der Waals surface area contributed by atoms with E-state index in [4.69, 9.17) is 9.47 Å². The Balaban J connectivity index is 2.60. The average molecular weight is 218 g/mol. The first kappa shape index (κ1) is 10.7. The summed E-state index contributed by atoms with van der Waals surface area (Å²) in [6, 6.07) is 7.77. The van der Waals surface area contributed by atoms with E-state index in [9.17, 15) is 0 Å². The van der Waals surface area contributed by atoms with Crippen molar-refractivity contribution in [3.63, 3.8) is 0 Å². The predicted octanol–water partition coefficient (Wildman–Crippen LogP) is 2.43. The van der Waals surface area contributed by atoms with E-state index < -0.39 is 0 Å². The van der Waals surface area contributed by atoms with E-state index in [0.717, 1.165) is 10.8 Å². The lowest BCUT2D eigenvalue weighted by molar-refractivity contribution is 0.232. The Morgan fingerprint density at radius 3 is 2.12 bits per heavy atom. The molecule has 0 bridgehead atoms. The van der Waals surface area contributed by atoms with Gasteiger partial charge in [0.25, 0.3) is 0 Å². The molecule has 84 valence electrons. The summed E-state index contributed by atoms with van der Waals surface area (Å²) in [5.74, 6) is 1.07. The van der Waals surface area contributed by atoms with E-state index in [0.29, 0.717) is 11.8 Å². The normalized spacial score (nSPS) is 10.8. The largest absolute Gasteiger partial charge is 0.479 e.